The van der Waals surface area contributed by atoms with Crippen molar-refractivity contribution in [2.45, 2.75) is 0 Å². The van der Waals surface area contributed by atoms with Crippen molar-refractivity contribution >= 4 is 28.0 Å². The third-order valence-corrected chi connectivity index (χ3v) is 6.54. The third-order valence-electron chi connectivity index (χ3n) is 6.54. The lowest BCUT2D eigenvalue weighted by atomic mass is 9.12. The van der Waals surface area contributed by atoms with Crippen LogP contribution in [0, 0.1) is 105 Å². The van der Waals surface area contributed by atoms with Crippen molar-refractivity contribution in [2.24, 2.45) is 0 Å². The Kier molecular flexibility index (Phi) is 7.68. The van der Waals surface area contributed by atoms with E-state index < -0.39 is 145 Å². The normalized spacial score (nSPS) is 12.0. The monoisotopic (exact) mass is 643 g/mol. The molecule has 0 aromatic heterocycles. The second kappa shape index (κ2) is 10.4. The summed E-state index contributed by atoms with van der Waals surface area (Å²) in [6.07, 6.45) is -6.56. The molecule has 0 fully saturated rings. The van der Waals surface area contributed by atoms with Crippen molar-refractivity contribution in [1.82, 2.24) is 0 Å². The maximum Gasteiger partial charge on any atom is 0.200 e. The zero-order valence-electron chi connectivity index (χ0n) is 19.5. The van der Waals surface area contributed by atoms with Crippen LogP contribution in [0.15, 0.2) is 12.1 Å². The summed E-state index contributed by atoms with van der Waals surface area (Å²) in [5.74, 6) is -57.7. The van der Waals surface area contributed by atoms with Gasteiger partial charge < -0.3 is 0 Å². The van der Waals surface area contributed by atoms with E-state index in [9.17, 15) is 48.3 Å². The van der Waals surface area contributed by atoms with Crippen LogP contribution in [0.5, 0.6) is 0 Å². The lowest BCUT2D eigenvalue weighted by Crippen LogP contribution is -2.80. The molecule has 0 nitrogen and oxygen atoms in total. The number of rotatable bonds is 4. The van der Waals surface area contributed by atoms with E-state index in [0.717, 1.165) is 0 Å². The molecular weight excluding hydrogens is 641 g/mol. The maximum atomic E-state index is 15.3. The minimum atomic E-state index is -6.56. The zero-order valence-corrected chi connectivity index (χ0v) is 19.5. The third kappa shape index (κ3) is 4.14. The van der Waals surface area contributed by atoms with Crippen molar-refractivity contribution in [3.63, 3.8) is 0 Å². The fourth-order valence-electron chi connectivity index (χ4n) is 4.78. The Labute approximate surface area is 224 Å². The summed E-state index contributed by atoms with van der Waals surface area (Å²) >= 11 is 0. The standard InChI is InChI=1S/C24H2BF18/c26-4-2-6(28)5(27)1-3(4)25(7-10(29)16(35)22(41)17(36)11(7)30,8-12(31)18(37)23(42)19(38)13(8)32)9-14(33)20(39)24(43)21(40)15(9)34/h1-2H/q-1. The Bertz CT molecular complexity index is 1610. The average Bonchev–Trinajstić information content (AvgIpc) is 2.96. The van der Waals surface area contributed by atoms with Gasteiger partial charge in [0.2, 0.25) is 0 Å². The molecule has 4 aromatic carbocycles. The highest BCUT2D eigenvalue weighted by molar-refractivity contribution is 7.20. The van der Waals surface area contributed by atoms with Crippen LogP contribution in [0.25, 0.3) is 0 Å². The van der Waals surface area contributed by atoms with Crippen LogP contribution < -0.4 is 21.9 Å². The Morgan fingerprint density at radius 3 is 0.721 bits per heavy atom. The van der Waals surface area contributed by atoms with E-state index in [-0.39, 0.29) is 0 Å². The molecule has 0 saturated heterocycles. The molecule has 0 unspecified atom stereocenters. The molecule has 0 aliphatic heterocycles. The molecule has 0 spiro atoms. The molecule has 0 amide bonds. The number of benzene rings is 4. The van der Waals surface area contributed by atoms with Gasteiger partial charge in [0.15, 0.2) is 64.0 Å². The SMILES string of the molecule is Fc1cc(F)c([B-](c2c(F)c(F)c(F)c(F)c2F)(c2c(F)c(F)c(F)c(F)c2F)c2c(F)c(F)c(F)c(F)c2F)cc1F. The van der Waals surface area contributed by atoms with Gasteiger partial charge in [0.1, 0.15) is 41.0 Å². The Balaban J connectivity index is 2.62. The van der Waals surface area contributed by atoms with Gasteiger partial charge in [0, 0.05) is 6.07 Å². The first-order valence-electron chi connectivity index (χ1n) is 10.7. The van der Waals surface area contributed by atoms with Crippen molar-refractivity contribution in [3.05, 3.63) is 117 Å². The fourth-order valence-corrected chi connectivity index (χ4v) is 4.78. The maximum absolute atomic E-state index is 15.3. The summed E-state index contributed by atoms with van der Waals surface area (Å²) in [5.41, 5.74) is -12.2. The van der Waals surface area contributed by atoms with Gasteiger partial charge in [0.25, 0.3) is 0 Å². The number of hydrogen-bond acceptors (Lipinski definition) is 0. The van der Waals surface area contributed by atoms with Crippen LogP contribution >= 0.6 is 0 Å². The minimum absolute atomic E-state index is 0.773. The van der Waals surface area contributed by atoms with Gasteiger partial charge in [-0.1, -0.05) is 6.07 Å². The van der Waals surface area contributed by atoms with Gasteiger partial charge >= 0.3 is 0 Å². The summed E-state index contributed by atoms with van der Waals surface area (Å²) in [5, 5.41) is 0. The number of halogens is 18. The van der Waals surface area contributed by atoms with E-state index in [1.54, 1.807) is 0 Å². The van der Waals surface area contributed by atoms with E-state index >= 15 is 30.7 Å². The highest BCUT2D eigenvalue weighted by Crippen LogP contribution is 2.29. The Morgan fingerprint density at radius 2 is 0.465 bits per heavy atom. The summed E-state index contributed by atoms with van der Waals surface area (Å²) in [7, 11) is 0. The molecule has 228 valence electrons. The van der Waals surface area contributed by atoms with Gasteiger partial charge in [0.05, 0.1) is 5.82 Å². The van der Waals surface area contributed by atoms with Crippen LogP contribution in [-0.2, 0) is 0 Å². The molecule has 4 rings (SSSR count). The van der Waals surface area contributed by atoms with Gasteiger partial charge in [-0.05, 0) is 0 Å². The molecule has 43 heavy (non-hydrogen) atoms. The summed E-state index contributed by atoms with van der Waals surface area (Å²) in [4.78, 5) is 0. The van der Waals surface area contributed by atoms with Crippen molar-refractivity contribution < 1.29 is 79.0 Å². The van der Waals surface area contributed by atoms with Crippen LogP contribution in [0.2, 0.25) is 0 Å². The molecule has 0 heterocycles. The smallest absolute Gasteiger partial charge is 0.200 e. The largest absolute Gasteiger partial charge is 0.210 e. The molecule has 0 N–H and O–H groups in total. The molecule has 0 saturated carbocycles. The summed E-state index contributed by atoms with van der Waals surface area (Å²) in [6.45, 7) is 0. The van der Waals surface area contributed by atoms with Crippen LogP contribution in [0.4, 0.5) is 79.0 Å². The number of hydrogen-bond donors (Lipinski definition) is 0. The van der Waals surface area contributed by atoms with Crippen LogP contribution in [-0.4, -0.2) is 6.15 Å². The summed E-state index contributed by atoms with van der Waals surface area (Å²) < 4.78 is 264. The lowest BCUT2D eigenvalue weighted by Gasteiger charge is -2.44. The van der Waals surface area contributed by atoms with Crippen molar-refractivity contribution in [2.75, 3.05) is 0 Å². The van der Waals surface area contributed by atoms with E-state index in [0.29, 0.717) is 0 Å². The van der Waals surface area contributed by atoms with Crippen molar-refractivity contribution in [3.8, 4) is 0 Å². The lowest BCUT2D eigenvalue weighted by molar-refractivity contribution is 0.379. The fraction of sp³-hybridized carbons (Fsp3) is 0. The topological polar surface area (TPSA) is 0 Å². The van der Waals surface area contributed by atoms with E-state index in [4.69, 9.17) is 0 Å². The first-order valence-corrected chi connectivity index (χ1v) is 10.7. The Hall–Kier alpha value is -4.32. The molecule has 4 aromatic rings. The second-order valence-corrected chi connectivity index (χ2v) is 8.60. The van der Waals surface area contributed by atoms with Gasteiger partial charge in [-0.15, -0.1) is 16.4 Å². The average molecular weight is 643 g/mol. The predicted octanol–water partition coefficient (Wildman–Crippen LogP) is 5.57. The van der Waals surface area contributed by atoms with Crippen LogP contribution in [0.3, 0.4) is 0 Å². The molecule has 0 aliphatic rings. The van der Waals surface area contributed by atoms with E-state index in [1.165, 1.54) is 0 Å². The van der Waals surface area contributed by atoms with E-state index in [2.05, 4.69) is 0 Å². The van der Waals surface area contributed by atoms with Gasteiger partial charge in [-0.3, -0.25) is 0 Å². The highest BCUT2D eigenvalue weighted by atomic mass is 19.2. The first kappa shape index (κ1) is 31.6. The molecule has 0 atom stereocenters. The molecule has 0 aliphatic carbocycles. The van der Waals surface area contributed by atoms with Gasteiger partial charge in [-0.2, -0.15) is 5.46 Å². The van der Waals surface area contributed by atoms with E-state index in [1.807, 2.05) is 0 Å². The highest BCUT2D eigenvalue weighted by Gasteiger charge is 2.50. The van der Waals surface area contributed by atoms with Crippen LogP contribution in [0.1, 0.15) is 0 Å². The summed E-state index contributed by atoms with van der Waals surface area (Å²) in [6, 6.07) is -1.63. The quantitative estimate of drug-likeness (QED) is 0.118. The van der Waals surface area contributed by atoms with Crippen molar-refractivity contribution in [1.29, 1.82) is 0 Å². The first-order chi connectivity index (χ1) is 19.8. The molecule has 0 bridgehead atoms. The Morgan fingerprint density at radius 1 is 0.256 bits per heavy atom. The molecule has 0 radical (unpaired) electrons. The zero-order chi connectivity index (χ0) is 32.6. The van der Waals surface area contributed by atoms with Gasteiger partial charge in [-0.25, -0.2) is 79.0 Å². The molecule has 19 heteroatoms. The minimum Gasteiger partial charge on any atom is -0.210 e. The second-order valence-electron chi connectivity index (χ2n) is 8.60. The predicted molar refractivity (Wildman–Crippen MR) is 109 cm³/mol. The molecular formula is C24H2BF18-.